The highest BCUT2D eigenvalue weighted by atomic mass is 35.5. The molecule has 0 bridgehead atoms. The lowest BCUT2D eigenvalue weighted by molar-refractivity contribution is -0.0845. The molecule has 3 nitrogen and oxygen atoms in total. The number of ether oxygens (including phenoxy) is 1. The van der Waals surface area contributed by atoms with Gasteiger partial charge in [-0.15, -0.1) is 12.4 Å². The van der Waals surface area contributed by atoms with E-state index >= 15 is 0 Å². The van der Waals surface area contributed by atoms with Crippen LogP contribution in [0.4, 0.5) is 0 Å². The number of hydrogen-bond acceptors (Lipinski definition) is 3. The highest BCUT2D eigenvalue weighted by Crippen LogP contribution is 2.58. The molecule has 2 unspecified atom stereocenters. The molecule has 1 saturated heterocycles. The molecule has 2 aliphatic rings. The zero-order valence-electron chi connectivity index (χ0n) is 17.8. The van der Waals surface area contributed by atoms with Crippen molar-refractivity contribution in [2.45, 2.75) is 23.9 Å². The summed E-state index contributed by atoms with van der Waals surface area (Å²) in [6.07, 6.45) is 1.58. The molecule has 3 aromatic carbocycles. The Morgan fingerprint density at radius 2 is 1.32 bits per heavy atom. The second-order valence-electron chi connectivity index (χ2n) is 8.70. The Labute approximate surface area is 190 Å². The van der Waals surface area contributed by atoms with Gasteiger partial charge in [-0.05, 0) is 42.5 Å². The first-order chi connectivity index (χ1) is 14.7. The summed E-state index contributed by atoms with van der Waals surface area (Å²) in [5, 5.41) is 15.8. The quantitative estimate of drug-likeness (QED) is 0.611. The molecule has 0 spiro atoms. The minimum absolute atomic E-state index is 0. The lowest BCUT2D eigenvalue weighted by Gasteiger charge is -2.53. The van der Waals surface area contributed by atoms with Gasteiger partial charge in [0.25, 0.3) is 0 Å². The SMILES string of the molecule is COc1ccccc1C1(O)CCC(c2ccccc2)(c2ccccc2)[C@H]2CNCC21.Cl. The topological polar surface area (TPSA) is 41.5 Å². The Bertz CT molecular complexity index is 971. The van der Waals surface area contributed by atoms with Gasteiger partial charge in [0.1, 0.15) is 5.75 Å². The van der Waals surface area contributed by atoms with E-state index in [4.69, 9.17) is 4.74 Å². The number of nitrogens with one attached hydrogen (secondary N) is 1. The summed E-state index contributed by atoms with van der Waals surface area (Å²) >= 11 is 0. The fraction of sp³-hybridized carbons (Fsp3) is 0.333. The summed E-state index contributed by atoms with van der Waals surface area (Å²) in [6.45, 7) is 1.70. The predicted octanol–water partition coefficient (Wildman–Crippen LogP) is 4.92. The van der Waals surface area contributed by atoms with E-state index < -0.39 is 5.60 Å². The van der Waals surface area contributed by atoms with Crippen molar-refractivity contribution in [1.82, 2.24) is 5.32 Å². The van der Waals surface area contributed by atoms with Crippen LogP contribution in [0.15, 0.2) is 84.9 Å². The van der Waals surface area contributed by atoms with Gasteiger partial charge in [-0.3, -0.25) is 0 Å². The first-order valence-corrected chi connectivity index (χ1v) is 10.9. The third kappa shape index (κ3) is 3.36. The van der Waals surface area contributed by atoms with Crippen LogP contribution in [0.1, 0.15) is 29.5 Å². The third-order valence-electron chi connectivity index (χ3n) is 7.51. The van der Waals surface area contributed by atoms with Gasteiger partial charge in [0, 0.05) is 23.4 Å². The van der Waals surface area contributed by atoms with Gasteiger partial charge in [-0.2, -0.15) is 0 Å². The van der Waals surface area contributed by atoms with E-state index in [2.05, 4.69) is 66.0 Å². The zero-order valence-corrected chi connectivity index (χ0v) is 18.6. The van der Waals surface area contributed by atoms with Crippen LogP contribution < -0.4 is 10.1 Å². The lowest BCUT2D eigenvalue weighted by Crippen LogP contribution is -2.53. The summed E-state index contributed by atoms with van der Waals surface area (Å²) in [7, 11) is 1.69. The molecular weight excluding hydrogens is 406 g/mol. The van der Waals surface area contributed by atoms with Crippen molar-refractivity contribution in [3.63, 3.8) is 0 Å². The van der Waals surface area contributed by atoms with Crippen LogP contribution in [-0.2, 0) is 11.0 Å². The highest BCUT2D eigenvalue weighted by Gasteiger charge is 2.59. The summed E-state index contributed by atoms with van der Waals surface area (Å²) in [5.41, 5.74) is 2.58. The van der Waals surface area contributed by atoms with Gasteiger partial charge >= 0.3 is 0 Å². The summed E-state index contributed by atoms with van der Waals surface area (Å²) in [5.74, 6) is 1.16. The fourth-order valence-corrected chi connectivity index (χ4v) is 6.15. The first kappa shape index (κ1) is 21.9. The number of para-hydroxylation sites is 1. The van der Waals surface area contributed by atoms with Gasteiger partial charge in [-0.25, -0.2) is 0 Å². The van der Waals surface area contributed by atoms with Gasteiger partial charge < -0.3 is 15.2 Å². The van der Waals surface area contributed by atoms with Crippen LogP contribution in [0, 0.1) is 11.8 Å². The number of rotatable bonds is 4. The van der Waals surface area contributed by atoms with Crippen molar-refractivity contribution in [3.05, 3.63) is 102 Å². The molecule has 1 saturated carbocycles. The second kappa shape index (κ2) is 8.66. The van der Waals surface area contributed by atoms with Crippen molar-refractivity contribution in [2.75, 3.05) is 20.2 Å². The highest BCUT2D eigenvalue weighted by molar-refractivity contribution is 5.85. The Hall–Kier alpha value is -2.33. The molecule has 3 atom stereocenters. The molecule has 162 valence electrons. The van der Waals surface area contributed by atoms with Crippen molar-refractivity contribution in [3.8, 4) is 5.75 Å². The fourth-order valence-electron chi connectivity index (χ4n) is 6.15. The minimum Gasteiger partial charge on any atom is -0.496 e. The predicted molar refractivity (Wildman–Crippen MR) is 127 cm³/mol. The molecule has 5 rings (SSSR count). The maximum atomic E-state index is 12.1. The molecule has 3 aromatic rings. The third-order valence-corrected chi connectivity index (χ3v) is 7.51. The van der Waals surface area contributed by atoms with Crippen molar-refractivity contribution in [1.29, 1.82) is 0 Å². The molecule has 1 aliphatic carbocycles. The largest absolute Gasteiger partial charge is 0.496 e. The van der Waals surface area contributed by atoms with E-state index in [-0.39, 0.29) is 29.7 Å². The van der Waals surface area contributed by atoms with Crippen molar-refractivity contribution < 1.29 is 9.84 Å². The average molecular weight is 436 g/mol. The molecule has 4 heteroatoms. The standard InChI is InChI=1S/C27H29NO2.ClH/c1-30-25-15-9-8-14-22(25)27(29)17-16-26(20-10-4-2-5-11-20,21-12-6-3-7-13-21)23-18-28-19-24(23)27;/h2-15,23-24,28-29H,16-19H2,1H3;1H/t23-,24?,27?;/m0./s1. The van der Waals surface area contributed by atoms with Gasteiger partial charge in [0.05, 0.1) is 12.7 Å². The number of benzene rings is 3. The molecule has 31 heavy (non-hydrogen) atoms. The van der Waals surface area contributed by atoms with E-state index in [1.54, 1.807) is 7.11 Å². The van der Waals surface area contributed by atoms with E-state index in [1.807, 2.05) is 24.3 Å². The Morgan fingerprint density at radius 3 is 1.94 bits per heavy atom. The van der Waals surface area contributed by atoms with Crippen LogP contribution in [0.2, 0.25) is 0 Å². The molecule has 2 N–H and O–H groups in total. The molecule has 0 amide bonds. The van der Waals surface area contributed by atoms with Crippen LogP contribution in [0.5, 0.6) is 5.75 Å². The zero-order chi connectivity index (χ0) is 20.6. The summed E-state index contributed by atoms with van der Waals surface area (Å²) in [4.78, 5) is 0. The van der Waals surface area contributed by atoms with Gasteiger partial charge in [-0.1, -0.05) is 78.9 Å². The van der Waals surface area contributed by atoms with Crippen molar-refractivity contribution >= 4 is 12.4 Å². The van der Waals surface area contributed by atoms with Gasteiger partial charge in [0.2, 0.25) is 0 Å². The number of aliphatic hydroxyl groups is 1. The van der Waals surface area contributed by atoms with E-state index in [0.29, 0.717) is 6.42 Å². The van der Waals surface area contributed by atoms with Crippen LogP contribution in [0.3, 0.4) is 0 Å². The lowest BCUT2D eigenvalue weighted by atomic mass is 9.52. The molecule has 0 aromatic heterocycles. The maximum Gasteiger partial charge on any atom is 0.124 e. The summed E-state index contributed by atoms with van der Waals surface area (Å²) < 4.78 is 5.65. The molecule has 1 heterocycles. The maximum absolute atomic E-state index is 12.1. The van der Waals surface area contributed by atoms with Crippen LogP contribution in [0.25, 0.3) is 0 Å². The second-order valence-corrected chi connectivity index (χ2v) is 8.70. The van der Waals surface area contributed by atoms with Crippen LogP contribution >= 0.6 is 12.4 Å². The number of halogens is 1. The Morgan fingerprint density at radius 1 is 0.774 bits per heavy atom. The Balaban J connectivity index is 0.00000231. The molecule has 2 fully saturated rings. The number of methoxy groups -OCH3 is 1. The van der Waals surface area contributed by atoms with E-state index in [0.717, 1.165) is 30.8 Å². The molecule has 0 radical (unpaired) electrons. The summed E-state index contributed by atoms with van der Waals surface area (Å²) in [6, 6.07) is 29.7. The molecule has 1 aliphatic heterocycles. The molecular formula is C27H30ClNO2. The van der Waals surface area contributed by atoms with Crippen LogP contribution in [-0.4, -0.2) is 25.3 Å². The average Bonchev–Trinajstić information content (AvgIpc) is 3.33. The normalized spacial score (nSPS) is 26.5. The van der Waals surface area contributed by atoms with E-state index in [9.17, 15) is 5.11 Å². The number of hydrogen-bond donors (Lipinski definition) is 2. The van der Waals surface area contributed by atoms with E-state index in [1.165, 1.54) is 11.1 Å². The first-order valence-electron chi connectivity index (χ1n) is 10.9. The van der Waals surface area contributed by atoms with Crippen molar-refractivity contribution in [2.24, 2.45) is 11.8 Å². The monoisotopic (exact) mass is 435 g/mol. The smallest absolute Gasteiger partial charge is 0.124 e. The number of fused-ring (bicyclic) bond motifs is 1. The van der Waals surface area contributed by atoms with Gasteiger partial charge in [0.15, 0.2) is 0 Å². The minimum atomic E-state index is -0.909. The Kier molecular flexibility index (Phi) is 6.11.